The van der Waals surface area contributed by atoms with E-state index in [0.29, 0.717) is 12.2 Å². The van der Waals surface area contributed by atoms with Crippen molar-refractivity contribution >= 4 is 16.7 Å². The average Bonchev–Trinajstić information content (AvgIpc) is 3.02. The second-order valence-electron chi connectivity index (χ2n) is 6.36. The maximum atomic E-state index is 12.9. The normalized spacial score (nSPS) is 17.8. The van der Waals surface area contributed by atoms with Gasteiger partial charge in [0.2, 0.25) is 0 Å². The molecule has 3 aromatic rings. The van der Waals surface area contributed by atoms with Gasteiger partial charge in [0.25, 0.3) is 5.91 Å². The maximum Gasteiger partial charge on any atom is 0.276 e. The predicted octanol–water partition coefficient (Wildman–Crippen LogP) is 1.56. The van der Waals surface area contributed by atoms with E-state index in [0.717, 1.165) is 35.2 Å². The first-order valence-corrected chi connectivity index (χ1v) is 8.44. The SMILES string of the molecule is Cc1c(C(=O)N2CCNC[C@H]2C)nnn1-c1cccc2cnccc12. The number of fused-ring (bicyclic) bond motifs is 1. The number of carbonyl (C=O) groups excluding carboxylic acids is 1. The van der Waals surface area contributed by atoms with E-state index >= 15 is 0 Å². The summed E-state index contributed by atoms with van der Waals surface area (Å²) in [6.07, 6.45) is 3.58. The zero-order chi connectivity index (χ0) is 17.4. The summed E-state index contributed by atoms with van der Waals surface area (Å²) in [7, 11) is 0. The first-order chi connectivity index (χ1) is 12.2. The Labute approximate surface area is 145 Å². The van der Waals surface area contributed by atoms with Crippen molar-refractivity contribution in [2.75, 3.05) is 19.6 Å². The number of pyridine rings is 1. The lowest BCUT2D eigenvalue weighted by molar-refractivity contribution is 0.0649. The Morgan fingerprint density at radius 1 is 1.32 bits per heavy atom. The number of rotatable bonds is 2. The van der Waals surface area contributed by atoms with Gasteiger partial charge in [0.1, 0.15) is 0 Å². The summed E-state index contributed by atoms with van der Waals surface area (Å²) in [5.74, 6) is -0.0559. The molecule has 25 heavy (non-hydrogen) atoms. The van der Waals surface area contributed by atoms with Gasteiger partial charge in [-0.05, 0) is 26.0 Å². The Bertz CT molecular complexity index is 929. The van der Waals surface area contributed by atoms with Crippen LogP contribution in [0.15, 0.2) is 36.7 Å². The smallest absolute Gasteiger partial charge is 0.276 e. The molecular weight excluding hydrogens is 316 g/mol. The fourth-order valence-electron chi connectivity index (χ4n) is 3.32. The molecule has 1 aliphatic rings. The standard InChI is InChI=1S/C18H20N6O/c1-12-10-20-8-9-23(12)18(25)17-13(2)24(22-21-17)16-5-3-4-14-11-19-7-6-15(14)16/h3-7,11-12,20H,8-10H2,1-2H3/t12-/m1/s1. The third-order valence-corrected chi connectivity index (χ3v) is 4.75. The third-order valence-electron chi connectivity index (χ3n) is 4.75. The molecule has 4 rings (SSSR count). The van der Waals surface area contributed by atoms with Crippen molar-refractivity contribution < 1.29 is 4.79 Å². The highest BCUT2D eigenvalue weighted by Gasteiger charge is 2.28. The van der Waals surface area contributed by atoms with E-state index in [4.69, 9.17) is 0 Å². The molecule has 1 saturated heterocycles. The summed E-state index contributed by atoms with van der Waals surface area (Å²) in [4.78, 5) is 18.9. The van der Waals surface area contributed by atoms with Crippen molar-refractivity contribution in [3.8, 4) is 5.69 Å². The van der Waals surface area contributed by atoms with Crippen LogP contribution in [0.3, 0.4) is 0 Å². The lowest BCUT2D eigenvalue weighted by Gasteiger charge is -2.33. The molecule has 3 heterocycles. The van der Waals surface area contributed by atoms with Gasteiger partial charge < -0.3 is 10.2 Å². The highest BCUT2D eigenvalue weighted by molar-refractivity contribution is 5.94. The van der Waals surface area contributed by atoms with Crippen LogP contribution in [0.5, 0.6) is 0 Å². The van der Waals surface area contributed by atoms with Gasteiger partial charge in [0.15, 0.2) is 5.69 Å². The molecule has 0 aliphatic carbocycles. The van der Waals surface area contributed by atoms with Gasteiger partial charge in [-0.1, -0.05) is 17.3 Å². The molecular formula is C18H20N6O. The second-order valence-corrected chi connectivity index (χ2v) is 6.36. The zero-order valence-corrected chi connectivity index (χ0v) is 14.3. The molecule has 1 aromatic carbocycles. The Kier molecular flexibility index (Phi) is 3.93. The summed E-state index contributed by atoms with van der Waals surface area (Å²) in [6, 6.07) is 8.04. The Balaban J connectivity index is 1.75. The molecule has 7 heteroatoms. The molecule has 7 nitrogen and oxygen atoms in total. The molecule has 1 N–H and O–H groups in total. The van der Waals surface area contributed by atoms with Gasteiger partial charge in [-0.3, -0.25) is 9.78 Å². The van der Waals surface area contributed by atoms with Crippen molar-refractivity contribution in [2.45, 2.75) is 19.9 Å². The first-order valence-electron chi connectivity index (χ1n) is 8.44. The minimum atomic E-state index is -0.0559. The van der Waals surface area contributed by atoms with E-state index in [2.05, 4.69) is 20.6 Å². The topological polar surface area (TPSA) is 75.9 Å². The van der Waals surface area contributed by atoms with E-state index in [9.17, 15) is 4.79 Å². The number of aromatic nitrogens is 4. The minimum Gasteiger partial charge on any atom is -0.332 e. The molecule has 0 bridgehead atoms. The fourth-order valence-corrected chi connectivity index (χ4v) is 3.32. The zero-order valence-electron chi connectivity index (χ0n) is 14.3. The Morgan fingerprint density at radius 3 is 3.04 bits per heavy atom. The number of hydrogen-bond acceptors (Lipinski definition) is 5. The highest BCUT2D eigenvalue weighted by Crippen LogP contribution is 2.23. The summed E-state index contributed by atoms with van der Waals surface area (Å²) < 4.78 is 1.74. The van der Waals surface area contributed by atoms with Gasteiger partial charge in [0.05, 0.1) is 11.4 Å². The number of amides is 1. The lowest BCUT2D eigenvalue weighted by atomic mass is 10.1. The predicted molar refractivity (Wildman–Crippen MR) is 94.8 cm³/mol. The molecule has 1 atom stereocenters. The van der Waals surface area contributed by atoms with Crippen LogP contribution in [-0.2, 0) is 0 Å². The van der Waals surface area contributed by atoms with Crippen molar-refractivity contribution in [1.82, 2.24) is 30.2 Å². The molecule has 1 aliphatic heterocycles. The number of nitrogens with zero attached hydrogens (tertiary/aromatic N) is 5. The maximum absolute atomic E-state index is 12.9. The van der Waals surface area contributed by atoms with Crippen molar-refractivity contribution in [3.63, 3.8) is 0 Å². The summed E-state index contributed by atoms with van der Waals surface area (Å²) >= 11 is 0. The Morgan fingerprint density at radius 2 is 2.20 bits per heavy atom. The first kappa shape index (κ1) is 15.7. The summed E-state index contributed by atoms with van der Waals surface area (Å²) in [6.45, 7) is 6.22. The van der Waals surface area contributed by atoms with Crippen LogP contribution in [-0.4, -0.2) is 56.5 Å². The van der Waals surface area contributed by atoms with Gasteiger partial charge in [-0.25, -0.2) is 4.68 Å². The van der Waals surface area contributed by atoms with Gasteiger partial charge in [0, 0.05) is 48.8 Å². The number of hydrogen-bond donors (Lipinski definition) is 1. The third kappa shape index (κ3) is 2.66. The number of carbonyl (C=O) groups is 1. The van der Waals surface area contributed by atoms with Crippen molar-refractivity contribution in [3.05, 3.63) is 48.0 Å². The van der Waals surface area contributed by atoms with Crippen LogP contribution < -0.4 is 5.32 Å². The highest BCUT2D eigenvalue weighted by atomic mass is 16.2. The van der Waals surface area contributed by atoms with E-state index in [1.807, 2.05) is 49.2 Å². The van der Waals surface area contributed by atoms with Crippen LogP contribution in [0.4, 0.5) is 0 Å². The van der Waals surface area contributed by atoms with Crippen LogP contribution in [0.2, 0.25) is 0 Å². The van der Waals surface area contributed by atoms with E-state index in [1.165, 1.54) is 0 Å². The monoisotopic (exact) mass is 336 g/mol. The van der Waals surface area contributed by atoms with Gasteiger partial charge in [-0.15, -0.1) is 5.10 Å². The Hall–Kier alpha value is -2.80. The minimum absolute atomic E-state index is 0.0559. The van der Waals surface area contributed by atoms with Crippen LogP contribution in [0.1, 0.15) is 23.1 Å². The average molecular weight is 336 g/mol. The number of nitrogens with one attached hydrogen (secondary N) is 1. The number of benzene rings is 1. The van der Waals surface area contributed by atoms with Crippen LogP contribution >= 0.6 is 0 Å². The molecule has 0 saturated carbocycles. The van der Waals surface area contributed by atoms with Crippen molar-refractivity contribution in [1.29, 1.82) is 0 Å². The van der Waals surface area contributed by atoms with Crippen molar-refractivity contribution in [2.24, 2.45) is 0 Å². The summed E-state index contributed by atoms with van der Waals surface area (Å²) in [5, 5.41) is 13.8. The fraction of sp³-hybridized carbons (Fsp3) is 0.333. The molecule has 0 spiro atoms. The molecule has 0 unspecified atom stereocenters. The van der Waals surface area contributed by atoms with E-state index in [1.54, 1.807) is 10.9 Å². The lowest BCUT2D eigenvalue weighted by Crippen LogP contribution is -2.52. The largest absolute Gasteiger partial charge is 0.332 e. The second kappa shape index (κ2) is 6.25. The molecule has 2 aromatic heterocycles. The quantitative estimate of drug-likeness (QED) is 0.768. The molecule has 1 fully saturated rings. The summed E-state index contributed by atoms with van der Waals surface area (Å²) in [5.41, 5.74) is 2.07. The van der Waals surface area contributed by atoms with Crippen LogP contribution in [0, 0.1) is 6.92 Å². The van der Waals surface area contributed by atoms with Gasteiger partial charge in [-0.2, -0.15) is 0 Å². The molecule has 1 amide bonds. The van der Waals surface area contributed by atoms with E-state index in [-0.39, 0.29) is 11.9 Å². The van der Waals surface area contributed by atoms with Gasteiger partial charge >= 0.3 is 0 Å². The molecule has 0 radical (unpaired) electrons. The number of piperazine rings is 1. The molecule has 128 valence electrons. The van der Waals surface area contributed by atoms with Crippen LogP contribution in [0.25, 0.3) is 16.5 Å². The van der Waals surface area contributed by atoms with E-state index < -0.39 is 0 Å².